The fourth-order valence-corrected chi connectivity index (χ4v) is 4.33. The van der Waals surface area contributed by atoms with Crippen molar-refractivity contribution in [2.45, 2.75) is 64.2 Å². The van der Waals surface area contributed by atoms with E-state index in [1.165, 1.54) is 19.1 Å². The van der Waals surface area contributed by atoms with Gasteiger partial charge in [-0.05, 0) is 48.6 Å². The quantitative estimate of drug-likeness (QED) is 0.168. The Bertz CT molecular complexity index is 1340. The summed E-state index contributed by atoms with van der Waals surface area (Å²) in [5.41, 5.74) is 8.55. The molecule has 3 aromatic rings. The molecule has 0 spiro atoms. The summed E-state index contributed by atoms with van der Waals surface area (Å²) in [5, 5.41) is 27.9. The molecule has 5 atom stereocenters. The van der Waals surface area contributed by atoms with Crippen molar-refractivity contribution < 1.29 is 29.4 Å². The number of hydrogen-bond acceptors (Lipinski definition) is 6. The van der Waals surface area contributed by atoms with Crippen LogP contribution in [0.5, 0.6) is 5.75 Å². The van der Waals surface area contributed by atoms with Gasteiger partial charge >= 0.3 is 5.97 Å². The van der Waals surface area contributed by atoms with Gasteiger partial charge in [0.1, 0.15) is 23.9 Å². The van der Waals surface area contributed by atoms with E-state index in [9.17, 15) is 29.4 Å². The number of aromatic amines is 1. The number of nitrogens with two attached hydrogens (primary N) is 1. The zero-order valence-corrected chi connectivity index (χ0v) is 22.8. The lowest BCUT2D eigenvalue weighted by atomic mass is 9.97. The summed E-state index contributed by atoms with van der Waals surface area (Å²) < 4.78 is 0. The maximum absolute atomic E-state index is 13.1. The Morgan fingerprint density at radius 2 is 1.57 bits per heavy atom. The Morgan fingerprint density at radius 1 is 0.900 bits per heavy atom. The van der Waals surface area contributed by atoms with Gasteiger partial charge in [-0.15, -0.1) is 0 Å². The van der Waals surface area contributed by atoms with Crippen molar-refractivity contribution in [2.75, 3.05) is 0 Å². The van der Waals surface area contributed by atoms with Crippen LogP contribution in [0, 0.1) is 5.92 Å². The van der Waals surface area contributed by atoms with Crippen LogP contribution in [0.3, 0.4) is 0 Å². The normalized spacial score (nSPS) is 14.9. The summed E-state index contributed by atoms with van der Waals surface area (Å²) in [7, 11) is 0. The molecular weight excluding hydrogens is 514 g/mol. The number of amides is 3. The second-order valence-electron chi connectivity index (χ2n) is 10.0. The largest absolute Gasteiger partial charge is 0.508 e. The molecule has 3 rings (SSSR count). The van der Waals surface area contributed by atoms with Gasteiger partial charge in [0, 0.05) is 23.5 Å². The van der Waals surface area contributed by atoms with E-state index in [4.69, 9.17) is 5.73 Å². The second-order valence-corrected chi connectivity index (χ2v) is 10.0. The molecule has 0 saturated heterocycles. The van der Waals surface area contributed by atoms with Gasteiger partial charge in [-0.1, -0.05) is 50.6 Å². The van der Waals surface area contributed by atoms with Crippen LogP contribution < -0.4 is 21.7 Å². The van der Waals surface area contributed by atoms with Crippen LogP contribution in [0.4, 0.5) is 0 Å². The molecule has 1 heterocycles. The molecule has 8 N–H and O–H groups in total. The number of carbonyl (C=O) groups excluding carboxylic acids is 3. The Morgan fingerprint density at radius 3 is 2.23 bits per heavy atom. The van der Waals surface area contributed by atoms with Crippen LogP contribution in [0.25, 0.3) is 10.9 Å². The third-order valence-corrected chi connectivity index (χ3v) is 6.99. The molecule has 1 aromatic heterocycles. The van der Waals surface area contributed by atoms with Crippen molar-refractivity contribution >= 4 is 34.6 Å². The third kappa shape index (κ3) is 7.82. The van der Waals surface area contributed by atoms with Crippen molar-refractivity contribution in [2.24, 2.45) is 11.7 Å². The molecule has 11 heteroatoms. The predicted molar refractivity (Wildman–Crippen MR) is 150 cm³/mol. The number of carboxylic acid groups (broad SMARTS) is 1. The first-order chi connectivity index (χ1) is 19.0. The molecule has 5 unspecified atom stereocenters. The van der Waals surface area contributed by atoms with Gasteiger partial charge in [-0.3, -0.25) is 14.4 Å². The number of aliphatic carboxylic acids is 1. The standard InChI is InChI=1S/C29H37N5O6/c1-4-16(2)25(28(38)33-24(29(39)40)13-18-9-11-20(35)12-10-18)34-26(36)17(3)32-27(37)22(30)14-19-15-31-23-8-6-5-7-21(19)23/h5-12,15-17,22,24-25,31,35H,4,13-14,30H2,1-3H3,(H,32,37)(H,33,38)(H,34,36)(H,39,40). The number of phenolic OH excluding ortho intramolecular Hbond substituents is 1. The number of carboxylic acids is 1. The lowest BCUT2D eigenvalue weighted by Gasteiger charge is -2.27. The fourth-order valence-electron chi connectivity index (χ4n) is 4.33. The molecule has 3 amide bonds. The molecule has 11 nitrogen and oxygen atoms in total. The average molecular weight is 552 g/mol. The zero-order chi connectivity index (χ0) is 29.4. The molecular formula is C29H37N5O6. The second kappa shape index (κ2) is 13.6. The van der Waals surface area contributed by atoms with Crippen molar-refractivity contribution in [1.29, 1.82) is 0 Å². The smallest absolute Gasteiger partial charge is 0.326 e. The van der Waals surface area contributed by atoms with E-state index in [2.05, 4.69) is 20.9 Å². The Balaban J connectivity index is 1.61. The van der Waals surface area contributed by atoms with Gasteiger partial charge in [0.05, 0.1) is 6.04 Å². The number of benzene rings is 2. The van der Waals surface area contributed by atoms with Gasteiger partial charge < -0.3 is 36.9 Å². The van der Waals surface area contributed by atoms with E-state index in [1.807, 2.05) is 31.2 Å². The van der Waals surface area contributed by atoms with Gasteiger partial charge in [0.2, 0.25) is 17.7 Å². The molecule has 0 aliphatic carbocycles. The number of para-hydroxylation sites is 1. The van der Waals surface area contributed by atoms with Gasteiger partial charge in [0.25, 0.3) is 0 Å². The molecule has 0 bridgehead atoms. The van der Waals surface area contributed by atoms with Gasteiger partial charge in [-0.25, -0.2) is 4.79 Å². The number of nitrogens with one attached hydrogen (secondary N) is 4. The first-order valence-electron chi connectivity index (χ1n) is 13.2. The maximum atomic E-state index is 13.1. The maximum Gasteiger partial charge on any atom is 0.326 e. The van der Waals surface area contributed by atoms with Crippen LogP contribution >= 0.6 is 0 Å². The number of aromatic nitrogens is 1. The van der Waals surface area contributed by atoms with E-state index in [0.717, 1.165) is 16.5 Å². The Kier molecular flexibility index (Phi) is 10.3. The highest BCUT2D eigenvalue weighted by Gasteiger charge is 2.31. The summed E-state index contributed by atoms with van der Waals surface area (Å²) in [6, 6.07) is 9.48. The first kappa shape index (κ1) is 30.2. The number of hydrogen-bond donors (Lipinski definition) is 7. The number of H-pyrrole nitrogens is 1. The first-order valence-corrected chi connectivity index (χ1v) is 13.2. The van der Waals surface area contributed by atoms with Crippen molar-refractivity contribution in [3.63, 3.8) is 0 Å². The van der Waals surface area contributed by atoms with E-state index < -0.39 is 47.9 Å². The van der Waals surface area contributed by atoms with E-state index >= 15 is 0 Å². The molecule has 0 saturated carbocycles. The molecule has 0 aliphatic rings. The molecule has 0 fully saturated rings. The van der Waals surface area contributed by atoms with E-state index in [-0.39, 0.29) is 24.5 Å². The van der Waals surface area contributed by atoms with Crippen LogP contribution in [-0.4, -0.2) is 63.1 Å². The SMILES string of the molecule is CCC(C)C(NC(=O)C(C)NC(=O)C(N)Cc1c[nH]c2ccccc12)C(=O)NC(Cc1ccc(O)cc1)C(=O)O. The third-order valence-electron chi connectivity index (χ3n) is 6.99. The monoisotopic (exact) mass is 551 g/mol. The Labute approximate surface area is 232 Å². The summed E-state index contributed by atoms with van der Waals surface area (Å²) in [5.74, 6) is -3.28. The van der Waals surface area contributed by atoms with E-state index in [1.54, 1.807) is 25.3 Å². The minimum absolute atomic E-state index is 0.0106. The van der Waals surface area contributed by atoms with Gasteiger partial charge in [0.15, 0.2) is 0 Å². The highest BCUT2D eigenvalue weighted by atomic mass is 16.4. The minimum Gasteiger partial charge on any atom is -0.508 e. The molecule has 40 heavy (non-hydrogen) atoms. The van der Waals surface area contributed by atoms with Crippen molar-refractivity contribution in [3.8, 4) is 5.75 Å². The molecule has 0 aliphatic heterocycles. The number of phenols is 1. The van der Waals surface area contributed by atoms with Gasteiger partial charge in [-0.2, -0.15) is 0 Å². The molecule has 214 valence electrons. The van der Waals surface area contributed by atoms with Crippen LogP contribution in [-0.2, 0) is 32.0 Å². The average Bonchev–Trinajstić information content (AvgIpc) is 3.34. The van der Waals surface area contributed by atoms with E-state index in [0.29, 0.717) is 12.0 Å². The van der Waals surface area contributed by atoms with Crippen molar-refractivity contribution in [3.05, 3.63) is 65.9 Å². The Hall–Kier alpha value is -4.38. The summed E-state index contributed by atoms with van der Waals surface area (Å²) in [4.78, 5) is 53.9. The number of rotatable bonds is 13. The highest BCUT2D eigenvalue weighted by molar-refractivity contribution is 5.94. The fraction of sp³-hybridized carbons (Fsp3) is 0.379. The van der Waals surface area contributed by atoms with Crippen LogP contribution in [0.15, 0.2) is 54.7 Å². The van der Waals surface area contributed by atoms with Crippen LogP contribution in [0.2, 0.25) is 0 Å². The molecule has 2 aromatic carbocycles. The number of aromatic hydroxyl groups is 1. The van der Waals surface area contributed by atoms with Crippen LogP contribution in [0.1, 0.15) is 38.3 Å². The van der Waals surface area contributed by atoms with Crippen molar-refractivity contribution in [1.82, 2.24) is 20.9 Å². The number of carbonyl (C=O) groups is 4. The topological polar surface area (TPSA) is 187 Å². The molecule has 0 radical (unpaired) electrons. The summed E-state index contributed by atoms with van der Waals surface area (Å²) in [6.45, 7) is 5.10. The summed E-state index contributed by atoms with van der Waals surface area (Å²) in [6.07, 6.45) is 2.59. The number of fused-ring (bicyclic) bond motifs is 1. The lowest BCUT2D eigenvalue weighted by molar-refractivity contribution is -0.142. The summed E-state index contributed by atoms with van der Waals surface area (Å²) >= 11 is 0. The highest BCUT2D eigenvalue weighted by Crippen LogP contribution is 2.19. The zero-order valence-electron chi connectivity index (χ0n) is 22.8. The lowest BCUT2D eigenvalue weighted by Crippen LogP contribution is -2.58. The minimum atomic E-state index is -1.25. The predicted octanol–water partition coefficient (Wildman–Crippen LogP) is 1.59.